The first-order valence-electron chi connectivity index (χ1n) is 4.57. The number of hydrogen-bond donors (Lipinski definition) is 0. The molecule has 0 aromatic rings. The van der Waals surface area contributed by atoms with Gasteiger partial charge < -0.3 is 0 Å². The van der Waals surface area contributed by atoms with Crippen LogP contribution in [0, 0.1) is 0 Å². The van der Waals surface area contributed by atoms with E-state index in [1.807, 2.05) is 0 Å². The zero-order valence-corrected chi connectivity index (χ0v) is 8.74. The lowest BCUT2D eigenvalue weighted by molar-refractivity contribution is 1.23. The topological polar surface area (TPSA) is 0 Å². The predicted octanol–water partition coefficient (Wildman–Crippen LogP) is 0.203. The summed E-state index contributed by atoms with van der Waals surface area (Å²) in [7, 11) is 33.2. The normalized spacial score (nSPS) is 14.9. The van der Waals surface area contributed by atoms with Crippen molar-refractivity contribution in [3.63, 3.8) is 0 Å². The third kappa shape index (κ3) is 4.77. The van der Waals surface area contributed by atoms with Gasteiger partial charge in [0.15, 0.2) is 0 Å². The molecule has 0 N–H and O–H groups in total. The molecule has 0 aliphatic heterocycles. The van der Waals surface area contributed by atoms with Crippen molar-refractivity contribution >= 4 is 47.1 Å². The van der Waals surface area contributed by atoms with Gasteiger partial charge in [-0.15, -0.1) is 22.4 Å². The standard InChI is InChI=1S/C9H8B6/c10-3-1-2-6(7(13)4-11)9(15)8(14)5-12/h1,3H,2,4-5H2/b3-1+,7-6+,9-8-. The van der Waals surface area contributed by atoms with Crippen LogP contribution in [0.1, 0.15) is 6.42 Å². The smallest absolute Gasteiger partial charge is 0.112 e. The molecule has 0 aliphatic carbocycles. The second-order valence-corrected chi connectivity index (χ2v) is 2.98. The van der Waals surface area contributed by atoms with Crippen molar-refractivity contribution in [2.45, 2.75) is 19.1 Å². The molecule has 6 heteroatoms. The largest absolute Gasteiger partial charge is 0.135 e. The Labute approximate surface area is 101 Å². The molecule has 0 fully saturated rings. The fourth-order valence-corrected chi connectivity index (χ4v) is 1.03. The Morgan fingerprint density at radius 2 is 1.47 bits per heavy atom. The molecule has 62 valence electrons. The van der Waals surface area contributed by atoms with Crippen molar-refractivity contribution in [2.75, 3.05) is 0 Å². The lowest BCUT2D eigenvalue weighted by atomic mass is 9.67. The van der Waals surface area contributed by atoms with E-state index in [-0.39, 0.29) is 12.6 Å². The fraction of sp³-hybridized carbons (Fsp3) is 0.333. The van der Waals surface area contributed by atoms with E-state index in [2.05, 4.69) is 0 Å². The van der Waals surface area contributed by atoms with Crippen LogP contribution in [0.15, 0.2) is 34.0 Å². The highest BCUT2D eigenvalue weighted by Gasteiger charge is 2.03. The zero-order chi connectivity index (χ0) is 11.8. The highest BCUT2D eigenvalue weighted by Crippen LogP contribution is 2.20. The predicted molar refractivity (Wildman–Crippen MR) is 71.9 cm³/mol. The van der Waals surface area contributed by atoms with Crippen molar-refractivity contribution in [1.29, 1.82) is 0 Å². The molecule has 0 atom stereocenters. The first-order chi connectivity index (χ1) is 7.08. The quantitative estimate of drug-likeness (QED) is 0.420. The van der Waals surface area contributed by atoms with Crippen molar-refractivity contribution < 1.29 is 0 Å². The van der Waals surface area contributed by atoms with Crippen molar-refractivity contribution in [3.05, 3.63) is 34.0 Å². The molecular weight excluding hydrogens is 173 g/mol. The first kappa shape index (κ1) is 14.6. The summed E-state index contributed by atoms with van der Waals surface area (Å²) >= 11 is 0. The maximum atomic E-state index is 5.80. The van der Waals surface area contributed by atoms with E-state index in [9.17, 15) is 0 Å². The van der Waals surface area contributed by atoms with Crippen molar-refractivity contribution in [2.24, 2.45) is 0 Å². The fourth-order valence-electron chi connectivity index (χ4n) is 1.03. The van der Waals surface area contributed by atoms with Gasteiger partial charge >= 0.3 is 0 Å². The summed E-state index contributed by atoms with van der Waals surface area (Å²) in [4.78, 5) is 0. The molecule has 0 heterocycles. The number of hydrogen-bond acceptors (Lipinski definition) is 0. The second-order valence-electron chi connectivity index (χ2n) is 2.98. The summed E-state index contributed by atoms with van der Waals surface area (Å²) in [6, 6.07) is 0. The van der Waals surface area contributed by atoms with Gasteiger partial charge in [-0.2, -0.15) is 0 Å². The summed E-state index contributed by atoms with van der Waals surface area (Å²) in [6.07, 6.45) is 2.60. The monoisotopic (exact) mass is 182 g/mol. The minimum atomic E-state index is 0.180. The van der Waals surface area contributed by atoms with Gasteiger partial charge in [-0.05, 0) is 6.42 Å². The van der Waals surface area contributed by atoms with Crippen LogP contribution in [0.5, 0.6) is 0 Å². The van der Waals surface area contributed by atoms with Crippen LogP contribution in [0.2, 0.25) is 12.6 Å². The van der Waals surface area contributed by atoms with Crippen LogP contribution in [0.3, 0.4) is 0 Å². The summed E-state index contributed by atoms with van der Waals surface area (Å²) in [6.45, 7) is 0. The molecule has 0 aliphatic rings. The zero-order valence-electron chi connectivity index (χ0n) is 8.74. The molecule has 15 heavy (non-hydrogen) atoms. The minimum absolute atomic E-state index is 0.180. The van der Waals surface area contributed by atoms with Gasteiger partial charge in [0.1, 0.15) is 31.4 Å². The van der Waals surface area contributed by atoms with Gasteiger partial charge in [0.05, 0.1) is 15.7 Å². The molecule has 12 radical (unpaired) electrons. The van der Waals surface area contributed by atoms with E-state index in [1.54, 1.807) is 6.08 Å². The molecule has 0 bridgehead atoms. The Hall–Kier alpha value is -0.390. The number of allylic oxidation sites excluding steroid dienone is 5. The Balaban J connectivity index is 5.12. The average Bonchev–Trinajstić information content (AvgIpc) is 2.27. The molecule has 0 unspecified atom stereocenters. The second kappa shape index (κ2) is 7.84. The molecular formula is C9H8B6. The highest BCUT2D eigenvalue weighted by atomic mass is 14.0. The van der Waals surface area contributed by atoms with Crippen LogP contribution in [-0.4, -0.2) is 47.1 Å². The lowest BCUT2D eigenvalue weighted by Crippen LogP contribution is -2.00. The third-order valence-corrected chi connectivity index (χ3v) is 1.96. The third-order valence-electron chi connectivity index (χ3n) is 1.96. The van der Waals surface area contributed by atoms with E-state index in [4.69, 9.17) is 47.1 Å². The molecule has 0 amide bonds. The van der Waals surface area contributed by atoms with Gasteiger partial charge in [0, 0.05) is 0 Å². The summed E-state index contributed by atoms with van der Waals surface area (Å²) < 4.78 is 0. The summed E-state index contributed by atoms with van der Waals surface area (Å²) in [5.41, 5.74) is 1.95. The van der Waals surface area contributed by atoms with Gasteiger partial charge in [-0.1, -0.05) is 24.3 Å². The van der Waals surface area contributed by atoms with Crippen molar-refractivity contribution in [1.82, 2.24) is 0 Å². The molecule has 0 saturated heterocycles. The van der Waals surface area contributed by atoms with Gasteiger partial charge in [-0.25, -0.2) is 0 Å². The molecule has 0 aromatic heterocycles. The van der Waals surface area contributed by atoms with Crippen LogP contribution in [0.4, 0.5) is 0 Å². The maximum Gasteiger partial charge on any atom is 0.112 e. The van der Waals surface area contributed by atoms with E-state index in [0.717, 1.165) is 0 Å². The Kier molecular flexibility index (Phi) is 7.64. The van der Waals surface area contributed by atoms with E-state index >= 15 is 0 Å². The lowest BCUT2D eigenvalue weighted by Gasteiger charge is -2.15. The Bertz CT molecular complexity index is 289. The summed E-state index contributed by atoms with van der Waals surface area (Å²) in [5.74, 6) is 1.41. The Morgan fingerprint density at radius 1 is 0.933 bits per heavy atom. The SMILES string of the molecule is [B]/C=C/CC(=C(\[B])C[B])/C([B])=C(/[B])C[B]. The van der Waals surface area contributed by atoms with Crippen LogP contribution >= 0.6 is 0 Å². The van der Waals surface area contributed by atoms with Crippen LogP contribution < -0.4 is 0 Å². The molecule has 0 spiro atoms. The number of rotatable bonds is 5. The van der Waals surface area contributed by atoms with Gasteiger partial charge in [0.2, 0.25) is 0 Å². The van der Waals surface area contributed by atoms with Crippen LogP contribution in [0.25, 0.3) is 0 Å². The van der Waals surface area contributed by atoms with E-state index in [1.165, 1.54) is 5.98 Å². The molecule has 0 rings (SSSR count). The summed E-state index contributed by atoms with van der Waals surface area (Å²) in [5, 5.41) is 0. The minimum Gasteiger partial charge on any atom is -0.135 e. The first-order valence-corrected chi connectivity index (χ1v) is 4.57. The Morgan fingerprint density at radius 3 is 1.87 bits per heavy atom. The average molecular weight is 181 g/mol. The van der Waals surface area contributed by atoms with E-state index < -0.39 is 0 Å². The molecule has 0 saturated carbocycles. The van der Waals surface area contributed by atoms with Crippen molar-refractivity contribution in [3.8, 4) is 0 Å². The van der Waals surface area contributed by atoms with Crippen LogP contribution in [-0.2, 0) is 0 Å². The van der Waals surface area contributed by atoms with E-state index in [0.29, 0.717) is 28.4 Å². The van der Waals surface area contributed by atoms with Gasteiger partial charge in [-0.3, -0.25) is 0 Å². The molecule has 0 aromatic carbocycles. The highest BCUT2D eigenvalue weighted by molar-refractivity contribution is 6.37. The molecule has 0 nitrogen and oxygen atoms in total. The van der Waals surface area contributed by atoms with Gasteiger partial charge in [0.25, 0.3) is 0 Å². The maximum absolute atomic E-state index is 5.80.